The highest BCUT2D eigenvalue weighted by atomic mass is 19.4. The molecule has 0 bridgehead atoms. The Hall–Kier alpha value is -0.290. The van der Waals surface area contributed by atoms with Crippen molar-refractivity contribution >= 4 is 0 Å². The summed E-state index contributed by atoms with van der Waals surface area (Å²) in [4.78, 5) is 1.65. The normalized spacial score (nSPS) is 37.1. The molecule has 2 aliphatic rings. The van der Waals surface area contributed by atoms with Gasteiger partial charge in [-0.05, 0) is 38.3 Å². The standard InChI is InChI=1S/C11H19F3N2/c1-9-5-10(7-15-6-9)3-2-4-16(10)8-11(12,13)14/h9,15H,2-8H2,1H3. The number of halogens is 3. The maximum absolute atomic E-state index is 12.5. The summed E-state index contributed by atoms with van der Waals surface area (Å²) in [5.74, 6) is 0.475. The van der Waals surface area contributed by atoms with Gasteiger partial charge in [-0.15, -0.1) is 0 Å². The van der Waals surface area contributed by atoms with Gasteiger partial charge in [-0.25, -0.2) is 0 Å². The molecule has 2 rings (SSSR count). The topological polar surface area (TPSA) is 15.3 Å². The summed E-state index contributed by atoms with van der Waals surface area (Å²) in [6.07, 6.45) is -1.38. The van der Waals surface area contributed by atoms with Crippen LogP contribution >= 0.6 is 0 Å². The molecular formula is C11H19F3N2. The van der Waals surface area contributed by atoms with E-state index in [1.807, 2.05) is 0 Å². The van der Waals surface area contributed by atoms with Crippen molar-refractivity contribution in [2.45, 2.75) is 37.9 Å². The maximum atomic E-state index is 12.5. The number of nitrogens with zero attached hydrogens (tertiary/aromatic N) is 1. The van der Waals surface area contributed by atoms with Gasteiger partial charge in [-0.3, -0.25) is 4.90 Å². The van der Waals surface area contributed by atoms with E-state index in [0.717, 1.165) is 25.8 Å². The molecule has 0 amide bonds. The Morgan fingerprint density at radius 1 is 1.44 bits per heavy atom. The van der Waals surface area contributed by atoms with E-state index in [-0.39, 0.29) is 5.54 Å². The van der Waals surface area contributed by atoms with Gasteiger partial charge < -0.3 is 5.32 Å². The predicted molar refractivity (Wildman–Crippen MR) is 56.2 cm³/mol. The zero-order chi connectivity index (χ0) is 11.8. The number of nitrogens with one attached hydrogen (secondary N) is 1. The van der Waals surface area contributed by atoms with E-state index in [1.165, 1.54) is 0 Å². The molecule has 1 spiro atoms. The van der Waals surface area contributed by atoms with Crippen LogP contribution < -0.4 is 5.32 Å². The monoisotopic (exact) mass is 236 g/mol. The number of likely N-dealkylation sites (tertiary alicyclic amines) is 1. The van der Waals surface area contributed by atoms with Gasteiger partial charge in [0.2, 0.25) is 0 Å². The van der Waals surface area contributed by atoms with E-state index in [1.54, 1.807) is 4.90 Å². The average molecular weight is 236 g/mol. The summed E-state index contributed by atoms with van der Waals surface area (Å²) in [5, 5.41) is 3.27. The van der Waals surface area contributed by atoms with Crippen molar-refractivity contribution in [1.29, 1.82) is 0 Å². The number of hydrogen-bond donors (Lipinski definition) is 1. The van der Waals surface area contributed by atoms with Crippen LogP contribution in [0.4, 0.5) is 13.2 Å². The van der Waals surface area contributed by atoms with Crippen LogP contribution in [-0.2, 0) is 0 Å². The number of piperidine rings is 1. The fourth-order valence-electron chi connectivity index (χ4n) is 3.23. The Bertz CT molecular complexity index is 254. The van der Waals surface area contributed by atoms with Crippen LogP contribution in [0.25, 0.3) is 0 Å². The number of alkyl halides is 3. The molecule has 2 aliphatic heterocycles. The average Bonchev–Trinajstić information content (AvgIpc) is 2.46. The van der Waals surface area contributed by atoms with E-state index < -0.39 is 12.7 Å². The van der Waals surface area contributed by atoms with Crippen molar-refractivity contribution in [3.8, 4) is 0 Å². The SMILES string of the molecule is CC1CNCC2(CCCN2CC(F)(F)F)C1. The van der Waals surface area contributed by atoms with E-state index in [0.29, 0.717) is 19.0 Å². The Morgan fingerprint density at radius 2 is 2.19 bits per heavy atom. The van der Waals surface area contributed by atoms with Gasteiger partial charge in [-0.1, -0.05) is 6.92 Å². The second kappa shape index (κ2) is 4.18. The molecule has 2 nitrogen and oxygen atoms in total. The second-order valence-corrected chi connectivity index (χ2v) is 5.30. The van der Waals surface area contributed by atoms with Crippen LogP contribution in [0, 0.1) is 5.92 Å². The molecule has 2 saturated heterocycles. The molecule has 1 N–H and O–H groups in total. The van der Waals surface area contributed by atoms with Crippen LogP contribution in [0.5, 0.6) is 0 Å². The Balaban J connectivity index is 2.06. The Kier molecular flexibility index (Phi) is 3.18. The highest BCUT2D eigenvalue weighted by Crippen LogP contribution is 2.38. The molecule has 5 heteroatoms. The summed E-state index contributed by atoms with van der Waals surface area (Å²) in [7, 11) is 0. The lowest BCUT2D eigenvalue weighted by atomic mass is 9.82. The Morgan fingerprint density at radius 3 is 2.81 bits per heavy atom. The first kappa shape index (κ1) is 12.2. The van der Waals surface area contributed by atoms with Gasteiger partial charge in [0.15, 0.2) is 0 Å². The van der Waals surface area contributed by atoms with Gasteiger partial charge >= 0.3 is 6.18 Å². The van der Waals surface area contributed by atoms with Crippen molar-refractivity contribution in [2.75, 3.05) is 26.2 Å². The molecule has 0 aromatic carbocycles. The summed E-state index contributed by atoms with van der Waals surface area (Å²) < 4.78 is 37.4. The first-order chi connectivity index (χ1) is 7.41. The summed E-state index contributed by atoms with van der Waals surface area (Å²) in [5.41, 5.74) is -0.229. The second-order valence-electron chi connectivity index (χ2n) is 5.30. The Labute approximate surface area is 94.2 Å². The maximum Gasteiger partial charge on any atom is 0.401 e. The molecule has 0 saturated carbocycles. The van der Waals surface area contributed by atoms with Gasteiger partial charge in [-0.2, -0.15) is 13.2 Å². The van der Waals surface area contributed by atoms with E-state index >= 15 is 0 Å². The molecule has 0 aromatic heterocycles. The molecule has 16 heavy (non-hydrogen) atoms. The highest BCUT2D eigenvalue weighted by molar-refractivity contribution is 5.01. The zero-order valence-electron chi connectivity index (χ0n) is 9.61. The largest absolute Gasteiger partial charge is 0.401 e. The lowest BCUT2D eigenvalue weighted by Crippen LogP contribution is -2.58. The molecule has 0 radical (unpaired) electrons. The third-order valence-electron chi connectivity index (χ3n) is 3.79. The molecule has 94 valence electrons. The van der Waals surface area contributed by atoms with E-state index in [9.17, 15) is 13.2 Å². The van der Waals surface area contributed by atoms with Crippen molar-refractivity contribution < 1.29 is 13.2 Å². The number of hydrogen-bond acceptors (Lipinski definition) is 2. The first-order valence-electron chi connectivity index (χ1n) is 5.94. The van der Waals surface area contributed by atoms with Crippen LogP contribution in [-0.4, -0.2) is 42.8 Å². The smallest absolute Gasteiger partial charge is 0.315 e. The molecule has 0 aliphatic carbocycles. The van der Waals surface area contributed by atoms with Crippen LogP contribution in [0.2, 0.25) is 0 Å². The minimum Gasteiger partial charge on any atom is -0.315 e. The summed E-state index contributed by atoms with van der Waals surface area (Å²) in [6.45, 7) is 3.60. The van der Waals surface area contributed by atoms with Gasteiger partial charge in [0, 0.05) is 12.1 Å². The van der Waals surface area contributed by atoms with E-state index in [2.05, 4.69) is 12.2 Å². The van der Waals surface area contributed by atoms with Crippen molar-refractivity contribution in [3.05, 3.63) is 0 Å². The lowest BCUT2D eigenvalue weighted by Gasteiger charge is -2.44. The molecule has 2 fully saturated rings. The van der Waals surface area contributed by atoms with Gasteiger partial charge in [0.05, 0.1) is 6.54 Å². The summed E-state index contributed by atoms with van der Waals surface area (Å²) in [6, 6.07) is 0. The van der Waals surface area contributed by atoms with Crippen LogP contribution in [0.3, 0.4) is 0 Å². The van der Waals surface area contributed by atoms with Gasteiger partial charge in [0.1, 0.15) is 0 Å². The fourth-order valence-corrected chi connectivity index (χ4v) is 3.23. The third-order valence-corrected chi connectivity index (χ3v) is 3.79. The first-order valence-corrected chi connectivity index (χ1v) is 5.94. The molecule has 2 atom stereocenters. The quantitative estimate of drug-likeness (QED) is 0.749. The predicted octanol–water partition coefficient (Wildman–Crippen LogP) is 2.01. The van der Waals surface area contributed by atoms with Crippen molar-refractivity contribution in [3.63, 3.8) is 0 Å². The summed E-state index contributed by atoms with van der Waals surface area (Å²) >= 11 is 0. The van der Waals surface area contributed by atoms with Crippen LogP contribution in [0.1, 0.15) is 26.2 Å². The molecule has 0 aromatic rings. The molecule has 2 unspecified atom stereocenters. The molecular weight excluding hydrogens is 217 g/mol. The van der Waals surface area contributed by atoms with Gasteiger partial charge in [0.25, 0.3) is 0 Å². The minimum atomic E-state index is -4.07. The van der Waals surface area contributed by atoms with E-state index in [4.69, 9.17) is 0 Å². The fraction of sp³-hybridized carbons (Fsp3) is 1.00. The lowest BCUT2D eigenvalue weighted by molar-refractivity contribution is -0.156. The van der Waals surface area contributed by atoms with Crippen molar-refractivity contribution in [1.82, 2.24) is 10.2 Å². The zero-order valence-corrected chi connectivity index (χ0v) is 9.61. The molecule has 2 heterocycles. The highest BCUT2D eigenvalue weighted by Gasteiger charge is 2.47. The third kappa shape index (κ3) is 2.51. The van der Waals surface area contributed by atoms with Crippen molar-refractivity contribution in [2.24, 2.45) is 5.92 Å². The number of rotatable bonds is 1. The van der Waals surface area contributed by atoms with Crippen LogP contribution in [0.15, 0.2) is 0 Å². The minimum absolute atomic E-state index is 0.229.